The van der Waals surface area contributed by atoms with Crippen molar-refractivity contribution in [3.63, 3.8) is 0 Å². The van der Waals surface area contributed by atoms with Gasteiger partial charge in [-0.15, -0.1) is 0 Å². The second-order valence-corrected chi connectivity index (χ2v) is 6.80. The van der Waals surface area contributed by atoms with Gasteiger partial charge in [0.1, 0.15) is 11.9 Å². The number of benzene rings is 2. The molecular weight excluding hydrogens is 334 g/mol. The highest BCUT2D eigenvalue weighted by atomic mass is 35.5. The lowest BCUT2D eigenvalue weighted by atomic mass is 10.1. The van der Waals surface area contributed by atoms with Gasteiger partial charge in [-0.25, -0.2) is 4.99 Å². The van der Waals surface area contributed by atoms with Crippen molar-refractivity contribution in [2.45, 2.75) is 6.04 Å². The fourth-order valence-electron chi connectivity index (χ4n) is 3.31. The zero-order valence-electron chi connectivity index (χ0n) is 13.9. The summed E-state index contributed by atoms with van der Waals surface area (Å²) in [5.41, 5.74) is 3.68. The van der Waals surface area contributed by atoms with E-state index in [0.717, 1.165) is 41.6 Å². The summed E-state index contributed by atoms with van der Waals surface area (Å²) < 4.78 is 0. The normalized spacial score (nSPS) is 19.8. The first kappa shape index (κ1) is 15.9. The molecule has 0 amide bonds. The molecule has 6 heteroatoms. The van der Waals surface area contributed by atoms with E-state index in [1.165, 1.54) is 0 Å². The minimum absolute atomic E-state index is 0.230. The predicted octanol–water partition coefficient (Wildman–Crippen LogP) is 3.61. The van der Waals surface area contributed by atoms with E-state index >= 15 is 0 Å². The second kappa shape index (κ2) is 6.40. The van der Waals surface area contributed by atoms with Gasteiger partial charge in [0.25, 0.3) is 0 Å². The SMILES string of the molecule is CN1CCN(C2=Nc3cc(Cl)ccc3Nc3ccccc32)C(C#N)C1. The van der Waals surface area contributed by atoms with E-state index in [1.807, 2.05) is 49.5 Å². The first-order valence-corrected chi connectivity index (χ1v) is 8.63. The van der Waals surface area contributed by atoms with Gasteiger partial charge in [-0.2, -0.15) is 5.26 Å². The molecule has 1 saturated heterocycles. The van der Waals surface area contributed by atoms with E-state index in [1.54, 1.807) is 0 Å². The fraction of sp³-hybridized carbons (Fsp3) is 0.263. The van der Waals surface area contributed by atoms with E-state index in [4.69, 9.17) is 16.6 Å². The van der Waals surface area contributed by atoms with Crippen LogP contribution in [0.15, 0.2) is 47.5 Å². The van der Waals surface area contributed by atoms with Gasteiger partial charge in [-0.3, -0.25) is 0 Å². The van der Waals surface area contributed by atoms with E-state index in [0.29, 0.717) is 11.6 Å². The average molecular weight is 352 g/mol. The molecule has 2 heterocycles. The Hall–Kier alpha value is -2.55. The zero-order valence-corrected chi connectivity index (χ0v) is 14.7. The first-order chi connectivity index (χ1) is 12.2. The van der Waals surface area contributed by atoms with Crippen molar-refractivity contribution >= 4 is 34.5 Å². The van der Waals surface area contributed by atoms with Crippen molar-refractivity contribution in [1.29, 1.82) is 5.26 Å². The highest BCUT2D eigenvalue weighted by molar-refractivity contribution is 6.31. The van der Waals surface area contributed by atoms with Crippen LogP contribution in [0, 0.1) is 11.3 Å². The summed E-state index contributed by atoms with van der Waals surface area (Å²) in [6.07, 6.45) is 0. The molecule has 4 rings (SSSR count). The van der Waals surface area contributed by atoms with Gasteiger partial charge in [0.15, 0.2) is 0 Å². The van der Waals surface area contributed by atoms with E-state index in [2.05, 4.69) is 21.2 Å². The van der Waals surface area contributed by atoms with Crippen molar-refractivity contribution in [3.05, 3.63) is 53.1 Å². The minimum Gasteiger partial charge on any atom is -0.353 e. The van der Waals surface area contributed by atoms with Gasteiger partial charge in [0.2, 0.25) is 0 Å². The maximum atomic E-state index is 9.66. The first-order valence-electron chi connectivity index (χ1n) is 8.25. The summed E-state index contributed by atoms with van der Waals surface area (Å²) in [6.45, 7) is 2.36. The Morgan fingerprint density at radius 1 is 1.20 bits per heavy atom. The standard InChI is InChI=1S/C19H18ClN5/c1-24-8-9-25(14(11-21)12-24)19-15-4-2-3-5-16(15)22-17-7-6-13(20)10-18(17)23-19/h2-7,10,14,22H,8-9,12H2,1H3. The third kappa shape index (κ3) is 2.95. The Morgan fingerprint density at radius 3 is 2.88 bits per heavy atom. The number of hydrogen-bond donors (Lipinski definition) is 1. The van der Waals surface area contributed by atoms with Gasteiger partial charge in [-0.05, 0) is 37.4 Å². The van der Waals surface area contributed by atoms with Gasteiger partial charge in [-0.1, -0.05) is 23.7 Å². The van der Waals surface area contributed by atoms with E-state index in [-0.39, 0.29) is 6.04 Å². The lowest BCUT2D eigenvalue weighted by molar-refractivity contribution is 0.181. The highest BCUT2D eigenvalue weighted by Gasteiger charge is 2.30. The molecule has 5 nitrogen and oxygen atoms in total. The molecule has 0 aliphatic carbocycles. The Morgan fingerprint density at radius 2 is 2.04 bits per heavy atom. The van der Waals surface area contributed by atoms with Crippen LogP contribution in [0.3, 0.4) is 0 Å². The highest BCUT2D eigenvalue weighted by Crippen LogP contribution is 2.36. The number of fused-ring (bicyclic) bond motifs is 2. The van der Waals surface area contributed by atoms with Crippen LogP contribution in [0.25, 0.3) is 0 Å². The van der Waals surface area contributed by atoms with E-state index in [9.17, 15) is 5.26 Å². The third-order valence-corrected chi connectivity index (χ3v) is 4.86. The Labute approximate surface area is 152 Å². The maximum absolute atomic E-state index is 9.66. The lowest BCUT2D eigenvalue weighted by Crippen LogP contribution is -2.53. The van der Waals surface area contributed by atoms with E-state index < -0.39 is 0 Å². The average Bonchev–Trinajstić information content (AvgIpc) is 2.78. The molecule has 0 bridgehead atoms. The van der Waals surface area contributed by atoms with Crippen LogP contribution in [0.1, 0.15) is 5.56 Å². The smallest absolute Gasteiger partial charge is 0.139 e. The number of hydrogen-bond acceptors (Lipinski definition) is 5. The van der Waals surface area contributed by atoms with Gasteiger partial charge in [0.05, 0.1) is 17.4 Å². The molecule has 2 aromatic carbocycles. The number of rotatable bonds is 0. The summed E-state index contributed by atoms with van der Waals surface area (Å²) in [5.74, 6) is 0.823. The number of nitrogens with zero attached hydrogens (tertiary/aromatic N) is 4. The number of nitriles is 1. The van der Waals surface area contributed by atoms with Gasteiger partial charge < -0.3 is 15.1 Å². The molecule has 2 aromatic rings. The van der Waals surface area contributed by atoms with Gasteiger partial charge in [0, 0.05) is 35.9 Å². The molecule has 1 N–H and O–H groups in total. The molecule has 1 fully saturated rings. The number of likely N-dealkylation sites (N-methyl/N-ethyl adjacent to an activating group) is 1. The molecule has 1 atom stereocenters. The molecule has 0 spiro atoms. The van der Waals surface area contributed by atoms with Crippen molar-refractivity contribution in [2.24, 2.45) is 4.99 Å². The van der Waals surface area contributed by atoms with Crippen LogP contribution >= 0.6 is 11.6 Å². The van der Waals surface area contributed by atoms with Crippen molar-refractivity contribution in [1.82, 2.24) is 9.80 Å². The number of piperazine rings is 1. The van der Waals surface area contributed by atoms with Crippen molar-refractivity contribution in [3.8, 4) is 6.07 Å². The molecule has 25 heavy (non-hydrogen) atoms. The van der Waals surface area contributed by atoms with Crippen LogP contribution in [-0.4, -0.2) is 48.4 Å². The van der Waals surface area contributed by atoms with Crippen LogP contribution < -0.4 is 5.32 Å². The molecule has 0 radical (unpaired) electrons. The molecule has 1 unspecified atom stereocenters. The Balaban J connectivity index is 1.87. The summed E-state index contributed by atoms with van der Waals surface area (Å²) in [7, 11) is 2.04. The summed E-state index contributed by atoms with van der Waals surface area (Å²) in [5, 5.41) is 13.7. The summed E-state index contributed by atoms with van der Waals surface area (Å²) in [4.78, 5) is 9.20. The third-order valence-electron chi connectivity index (χ3n) is 4.63. The van der Waals surface area contributed by atoms with Crippen LogP contribution in [0.2, 0.25) is 5.02 Å². The molecular formula is C19H18ClN5. The van der Waals surface area contributed by atoms with Crippen LogP contribution in [0.5, 0.6) is 0 Å². The minimum atomic E-state index is -0.230. The van der Waals surface area contributed by atoms with Crippen LogP contribution in [-0.2, 0) is 0 Å². The van der Waals surface area contributed by atoms with Gasteiger partial charge >= 0.3 is 0 Å². The largest absolute Gasteiger partial charge is 0.353 e. The molecule has 2 aliphatic rings. The second-order valence-electron chi connectivity index (χ2n) is 6.37. The number of aliphatic imine (C=N–C) groups is 1. The topological polar surface area (TPSA) is 54.7 Å². The summed E-state index contributed by atoms with van der Waals surface area (Å²) >= 11 is 6.18. The molecule has 0 aromatic heterocycles. The molecule has 126 valence electrons. The number of para-hydroxylation sites is 1. The van der Waals surface area contributed by atoms with Crippen LogP contribution in [0.4, 0.5) is 17.1 Å². The fourth-order valence-corrected chi connectivity index (χ4v) is 3.48. The maximum Gasteiger partial charge on any atom is 0.139 e. The number of nitrogens with one attached hydrogen (secondary N) is 1. The lowest BCUT2D eigenvalue weighted by Gasteiger charge is -2.38. The number of halogens is 1. The zero-order chi connectivity index (χ0) is 17.4. The Bertz CT molecular complexity index is 886. The number of anilines is 2. The number of amidine groups is 1. The van der Waals surface area contributed by atoms with Crippen molar-refractivity contribution in [2.75, 3.05) is 32.0 Å². The Kier molecular flexibility index (Phi) is 4.08. The predicted molar refractivity (Wildman–Crippen MR) is 101 cm³/mol. The monoisotopic (exact) mass is 351 g/mol. The molecule has 2 aliphatic heterocycles. The quantitative estimate of drug-likeness (QED) is 0.787. The van der Waals surface area contributed by atoms with Crippen molar-refractivity contribution < 1.29 is 0 Å². The summed E-state index contributed by atoms with van der Waals surface area (Å²) in [6, 6.07) is 15.9. The molecule has 0 saturated carbocycles.